The molecule has 2 aliphatic heterocycles. The molecule has 124 valence electrons. The minimum atomic E-state index is -0.568. The second-order valence-electron chi connectivity index (χ2n) is 6.23. The first-order valence-electron chi connectivity index (χ1n) is 8.14. The lowest BCUT2D eigenvalue weighted by atomic mass is 9.85. The van der Waals surface area contributed by atoms with Crippen LogP contribution in [0.1, 0.15) is 23.4 Å². The van der Waals surface area contributed by atoms with Crippen LogP contribution in [0.3, 0.4) is 0 Å². The Morgan fingerprint density at radius 1 is 1.08 bits per heavy atom. The summed E-state index contributed by atoms with van der Waals surface area (Å²) in [6.45, 7) is 1.58. The number of hydrogen-bond acceptors (Lipinski definition) is 4. The van der Waals surface area contributed by atoms with Crippen molar-refractivity contribution in [1.82, 2.24) is 10.2 Å². The van der Waals surface area contributed by atoms with Crippen LogP contribution in [-0.2, 0) is 4.79 Å². The topological polar surface area (TPSA) is 65.8 Å². The second-order valence-corrected chi connectivity index (χ2v) is 6.23. The Balaban J connectivity index is 1.54. The predicted octanol–water partition coefficient (Wildman–Crippen LogP) is 1.85. The lowest BCUT2D eigenvalue weighted by molar-refractivity contribution is -0.124. The molecule has 0 atom stereocenters. The summed E-state index contributed by atoms with van der Waals surface area (Å²) in [5.74, 6) is 0.290. The number of carbonyl (C=O) groups is 2. The van der Waals surface area contributed by atoms with Crippen LogP contribution in [0.15, 0.2) is 53.1 Å². The van der Waals surface area contributed by atoms with Crippen LogP contribution in [0.4, 0.5) is 5.69 Å². The maximum absolute atomic E-state index is 12.6. The zero-order valence-corrected chi connectivity index (χ0v) is 13.3. The molecule has 3 heterocycles. The third kappa shape index (κ3) is 2.26. The molecule has 0 radical (unpaired) electrons. The van der Waals surface area contributed by atoms with Crippen LogP contribution >= 0.6 is 0 Å². The first-order valence-corrected chi connectivity index (χ1v) is 8.14. The lowest BCUT2D eigenvalue weighted by Crippen LogP contribution is -2.57. The molecule has 1 aromatic carbocycles. The van der Waals surface area contributed by atoms with Crippen molar-refractivity contribution in [3.63, 3.8) is 0 Å². The van der Waals surface area contributed by atoms with Crippen LogP contribution in [-0.4, -0.2) is 42.0 Å². The van der Waals surface area contributed by atoms with Crippen molar-refractivity contribution in [2.75, 3.05) is 24.7 Å². The zero-order valence-electron chi connectivity index (χ0n) is 13.3. The maximum Gasteiger partial charge on any atom is 0.289 e. The number of amides is 2. The molecule has 2 aliphatic rings. The van der Waals surface area contributed by atoms with E-state index in [9.17, 15) is 9.59 Å². The Morgan fingerprint density at radius 3 is 2.50 bits per heavy atom. The summed E-state index contributed by atoms with van der Waals surface area (Å²) < 4.78 is 5.20. The molecule has 0 aliphatic carbocycles. The molecule has 1 N–H and O–H groups in total. The molecule has 0 bridgehead atoms. The predicted molar refractivity (Wildman–Crippen MR) is 88.5 cm³/mol. The van der Waals surface area contributed by atoms with Gasteiger partial charge in [-0.1, -0.05) is 18.2 Å². The number of piperidine rings is 1. The molecule has 2 fully saturated rings. The largest absolute Gasteiger partial charge is 0.459 e. The smallest absolute Gasteiger partial charge is 0.289 e. The number of anilines is 1. The fourth-order valence-electron chi connectivity index (χ4n) is 3.67. The Labute approximate surface area is 140 Å². The number of para-hydroxylation sites is 1. The van der Waals surface area contributed by atoms with Gasteiger partial charge >= 0.3 is 0 Å². The minimum absolute atomic E-state index is 0.0523. The third-order valence-corrected chi connectivity index (χ3v) is 5.01. The van der Waals surface area contributed by atoms with Gasteiger partial charge in [0, 0.05) is 18.8 Å². The Morgan fingerprint density at radius 2 is 1.83 bits per heavy atom. The quantitative estimate of drug-likeness (QED) is 0.915. The number of furan rings is 1. The Hall–Kier alpha value is -2.76. The molecule has 1 spiro atoms. The van der Waals surface area contributed by atoms with Gasteiger partial charge in [-0.05, 0) is 37.1 Å². The monoisotopic (exact) mass is 325 g/mol. The fraction of sp³-hybridized carbons (Fsp3) is 0.333. The number of hydrogen-bond donors (Lipinski definition) is 1. The first kappa shape index (κ1) is 14.8. The number of likely N-dealkylation sites (tertiary alicyclic amines) is 1. The van der Waals surface area contributed by atoms with Gasteiger partial charge in [0.1, 0.15) is 5.54 Å². The van der Waals surface area contributed by atoms with Crippen molar-refractivity contribution in [3.8, 4) is 0 Å². The maximum atomic E-state index is 12.6. The molecular formula is C18H19N3O3. The molecular weight excluding hydrogens is 306 g/mol. The van der Waals surface area contributed by atoms with Crippen molar-refractivity contribution < 1.29 is 14.0 Å². The number of benzene rings is 1. The summed E-state index contributed by atoms with van der Waals surface area (Å²) in [7, 11) is 0. The SMILES string of the molecule is O=C(c1ccco1)N1CCC2(CC1)C(=O)NCN2c1ccccc1. The van der Waals surface area contributed by atoms with E-state index in [1.54, 1.807) is 17.0 Å². The molecule has 0 unspecified atom stereocenters. The van der Waals surface area contributed by atoms with Gasteiger partial charge < -0.3 is 19.5 Å². The van der Waals surface area contributed by atoms with Crippen molar-refractivity contribution >= 4 is 17.5 Å². The van der Waals surface area contributed by atoms with Crippen LogP contribution in [0, 0.1) is 0 Å². The standard InChI is InChI=1S/C18H19N3O3/c22-16(15-7-4-12-24-15)20-10-8-18(9-11-20)17(23)19-13-21(18)14-5-2-1-3-6-14/h1-7,12H,8-11,13H2,(H,19,23). The molecule has 6 heteroatoms. The van der Waals surface area contributed by atoms with E-state index < -0.39 is 5.54 Å². The zero-order chi connectivity index (χ0) is 16.6. The van der Waals surface area contributed by atoms with Gasteiger partial charge in [0.15, 0.2) is 5.76 Å². The molecule has 24 heavy (non-hydrogen) atoms. The molecule has 2 amide bonds. The molecule has 6 nitrogen and oxygen atoms in total. The highest BCUT2D eigenvalue weighted by atomic mass is 16.3. The van der Waals surface area contributed by atoms with Crippen LogP contribution in [0.2, 0.25) is 0 Å². The average Bonchev–Trinajstić information content (AvgIpc) is 3.26. The summed E-state index contributed by atoms with van der Waals surface area (Å²) in [4.78, 5) is 28.9. The van der Waals surface area contributed by atoms with E-state index in [1.807, 2.05) is 30.3 Å². The van der Waals surface area contributed by atoms with E-state index in [2.05, 4.69) is 10.2 Å². The third-order valence-electron chi connectivity index (χ3n) is 5.01. The summed E-state index contributed by atoms with van der Waals surface area (Å²) in [5.41, 5.74) is 0.461. The highest BCUT2D eigenvalue weighted by Gasteiger charge is 2.50. The molecule has 4 rings (SSSR count). The number of rotatable bonds is 2. The Bertz CT molecular complexity index is 734. The number of carbonyl (C=O) groups excluding carboxylic acids is 2. The van der Waals surface area contributed by atoms with Gasteiger partial charge in [-0.15, -0.1) is 0 Å². The van der Waals surface area contributed by atoms with Crippen LogP contribution in [0.25, 0.3) is 0 Å². The Kier molecular flexibility index (Phi) is 3.52. The average molecular weight is 325 g/mol. The van der Waals surface area contributed by atoms with Gasteiger partial charge in [-0.2, -0.15) is 0 Å². The molecule has 1 aromatic heterocycles. The van der Waals surface area contributed by atoms with Crippen molar-refractivity contribution in [3.05, 3.63) is 54.5 Å². The van der Waals surface area contributed by atoms with Gasteiger partial charge in [-0.3, -0.25) is 9.59 Å². The second kappa shape index (κ2) is 5.70. The van der Waals surface area contributed by atoms with Gasteiger partial charge in [0.05, 0.1) is 12.9 Å². The van der Waals surface area contributed by atoms with E-state index in [0.29, 0.717) is 38.4 Å². The van der Waals surface area contributed by atoms with Crippen molar-refractivity contribution in [2.45, 2.75) is 18.4 Å². The van der Waals surface area contributed by atoms with E-state index >= 15 is 0 Å². The lowest BCUT2D eigenvalue weighted by Gasteiger charge is -2.43. The highest BCUT2D eigenvalue weighted by Crippen LogP contribution is 2.36. The minimum Gasteiger partial charge on any atom is -0.459 e. The summed E-state index contributed by atoms with van der Waals surface area (Å²) >= 11 is 0. The summed E-state index contributed by atoms with van der Waals surface area (Å²) in [6.07, 6.45) is 2.72. The normalized spacial score (nSPS) is 19.6. The highest BCUT2D eigenvalue weighted by molar-refractivity contribution is 5.95. The fourth-order valence-corrected chi connectivity index (χ4v) is 3.67. The molecule has 2 aromatic rings. The van der Waals surface area contributed by atoms with E-state index in [0.717, 1.165) is 5.69 Å². The summed E-state index contributed by atoms with van der Waals surface area (Å²) in [6, 6.07) is 13.3. The van der Waals surface area contributed by atoms with Crippen molar-refractivity contribution in [1.29, 1.82) is 0 Å². The van der Waals surface area contributed by atoms with E-state index in [-0.39, 0.29) is 11.8 Å². The van der Waals surface area contributed by atoms with Gasteiger partial charge in [0.2, 0.25) is 5.91 Å². The van der Waals surface area contributed by atoms with E-state index in [1.165, 1.54) is 6.26 Å². The van der Waals surface area contributed by atoms with Gasteiger partial charge in [-0.25, -0.2) is 0 Å². The number of nitrogens with zero attached hydrogens (tertiary/aromatic N) is 2. The molecule has 0 saturated carbocycles. The molecule has 2 saturated heterocycles. The van der Waals surface area contributed by atoms with E-state index in [4.69, 9.17) is 4.42 Å². The number of nitrogens with one attached hydrogen (secondary N) is 1. The summed E-state index contributed by atoms with van der Waals surface area (Å²) in [5, 5.41) is 2.97. The van der Waals surface area contributed by atoms with Crippen molar-refractivity contribution in [2.24, 2.45) is 0 Å². The van der Waals surface area contributed by atoms with Crippen LogP contribution in [0.5, 0.6) is 0 Å². The van der Waals surface area contributed by atoms with Crippen LogP contribution < -0.4 is 10.2 Å². The first-order chi connectivity index (χ1) is 11.7. The van der Waals surface area contributed by atoms with Gasteiger partial charge in [0.25, 0.3) is 5.91 Å².